The number of rotatable bonds is 16. The number of methoxy groups -OCH3 is 2. The fourth-order valence-corrected chi connectivity index (χ4v) is 8.00. The predicted molar refractivity (Wildman–Crippen MR) is 192 cm³/mol. The number of aromatic nitrogens is 3. The molecule has 1 heterocycles. The molecule has 0 saturated carbocycles. The number of ether oxygens (including phenoxy) is 2. The Morgan fingerprint density at radius 3 is 1.76 bits per heavy atom. The van der Waals surface area contributed by atoms with Gasteiger partial charge in [-0.05, 0) is 40.8 Å². The van der Waals surface area contributed by atoms with E-state index >= 15 is 0 Å². The van der Waals surface area contributed by atoms with E-state index in [0.29, 0.717) is 28.9 Å². The molecule has 0 N–H and O–H groups in total. The SMILES string of the molecule is CCCCCCCCc1nc(S(=O)(=O)C(c2ccccc2)c2ccccc2C(=O)OC)nn1C(c1ccccc1)c1ccccc1C(=O)OC. The van der Waals surface area contributed by atoms with E-state index in [1.807, 2.05) is 42.5 Å². The third-order valence-corrected chi connectivity index (χ3v) is 10.6. The van der Waals surface area contributed by atoms with Gasteiger partial charge in [0.05, 0.1) is 25.3 Å². The monoisotopic (exact) mass is 693 g/mol. The van der Waals surface area contributed by atoms with Gasteiger partial charge < -0.3 is 9.47 Å². The van der Waals surface area contributed by atoms with E-state index in [4.69, 9.17) is 19.6 Å². The smallest absolute Gasteiger partial charge is 0.338 e. The molecule has 0 radical (unpaired) electrons. The zero-order valence-electron chi connectivity index (χ0n) is 28.7. The summed E-state index contributed by atoms with van der Waals surface area (Å²) < 4.78 is 41.8. The molecule has 260 valence electrons. The summed E-state index contributed by atoms with van der Waals surface area (Å²) in [4.78, 5) is 30.8. The minimum absolute atomic E-state index is 0.133. The van der Waals surface area contributed by atoms with Gasteiger partial charge in [-0.3, -0.25) is 0 Å². The second-order valence-electron chi connectivity index (χ2n) is 12.1. The van der Waals surface area contributed by atoms with Crippen LogP contribution in [-0.4, -0.2) is 49.3 Å². The normalized spacial score (nSPS) is 12.6. The van der Waals surface area contributed by atoms with Crippen molar-refractivity contribution in [1.29, 1.82) is 0 Å². The molecule has 0 aliphatic carbocycles. The highest BCUT2D eigenvalue weighted by atomic mass is 32.2. The Bertz CT molecular complexity index is 1990. The molecule has 5 rings (SSSR count). The molecule has 0 fully saturated rings. The van der Waals surface area contributed by atoms with Crippen molar-refractivity contribution in [2.24, 2.45) is 0 Å². The third-order valence-electron chi connectivity index (χ3n) is 8.77. The quantitative estimate of drug-likeness (QED) is 0.0755. The van der Waals surface area contributed by atoms with Crippen LogP contribution < -0.4 is 0 Å². The largest absolute Gasteiger partial charge is 0.465 e. The van der Waals surface area contributed by atoms with Crippen LogP contribution in [0, 0.1) is 0 Å². The summed E-state index contributed by atoms with van der Waals surface area (Å²) >= 11 is 0. The Morgan fingerprint density at radius 1 is 0.660 bits per heavy atom. The maximum atomic E-state index is 15.0. The first-order chi connectivity index (χ1) is 24.3. The van der Waals surface area contributed by atoms with Crippen LogP contribution in [0.3, 0.4) is 0 Å². The van der Waals surface area contributed by atoms with Gasteiger partial charge in [-0.15, -0.1) is 5.10 Å². The molecule has 0 amide bonds. The van der Waals surface area contributed by atoms with Crippen LogP contribution in [0.4, 0.5) is 0 Å². The third kappa shape index (κ3) is 8.03. The number of sulfone groups is 1. The van der Waals surface area contributed by atoms with Crippen molar-refractivity contribution < 1.29 is 27.5 Å². The fourth-order valence-electron chi connectivity index (χ4n) is 6.29. The molecule has 0 spiro atoms. The van der Waals surface area contributed by atoms with Crippen molar-refractivity contribution in [3.05, 3.63) is 148 Å². The summed E-state index contributed by atoms with van der Waals surface area (Å²) in [5.74, 6) is -0.696. The lowest BCUT2D eigenvalue weighted by atomic mass is 9.94. The lowest BCUT2D eigenvalue weighted by Crippen LogP contribution is -2.22. The minimum Gasteiger partial charge on any atom is -0.465 e. The van der Waals surface area contributed by atoms with Crippen LogP contribution in [0.5, 0.6) is 0 Å². The predicted octanol–water partition coefficient (Wildman–Crippen LogP) is 7.96. The van der Waals surface area contributed by atoms with Crippen molar-refractivity contribution in [1.82, 2.24) is 14.8 Å². The summed E-state index contributed by atoms with van der Waals surface area (Å²) in [5.41, 5.74) is 2.57. The van der Waals surface area contributed by atoms with E-state index in [2.05, 4.69) is 6.92 Å². The molecular formula is C40H43N3O6S. The van der Waals surface area contributed by atoms with Gasteiger partial charge in [0, 0.05) is 6.42 Å². The van der Waals surface area contributed by atoms with Gasteiger partial charge in [-0.2, -0.15) is 0 Å². The lowest BCUT2D eigenvalue weighted by molar-refractivity contribution is 0.0590. The van der Waals surface area contributed by atoms with E-state index in [1.165, 1.54) is 14.2 Å². The first-order valence-corrected chi connectivity index (χ1v) is 18.5. The number of unbranched alkanes of at least 4 members (excludes halogenated alkanes) is 5. The average molecular weight is 694 g/mol. The van der Waals surface area contributed by atoms with Crippen LogP contribution >= 0.6 is 0 Å². The standard InChI is InChI=1S/C40H43N3O6S/c1-4-5-6-7-8-15-28-35-41-40(42-43(35)36(29-20-11-9-12-21-29)31-24-16-18-26-33(31)38(44)48-2)50(46,47)37(30-22-13-10-14-23-30)32-25-17-19-27-34(32)39(45)49-3/h9-14,16-27,36-37H,4-8,15,28H2,1-3H3. The molecule has 2 unspecified atom stereocenters. The maximum Gasteiger partial charge on any atom is 0.338 e. The van der Waals surface area contributed by atoms with Crippen molar-refractivity contribution in [3.8, 4) is 0 Å². The van der Waals surface area contributed by atoms with Gasteiger partial charge >= 0.3 is 11.9 Å². The highest BCUT2D eigenvalue weighted by Crippen LogP contribution is 2.38. The average Bonchev–Trinajstić information content (AvgIpc) is 3.58. The molecule has 0 bridgehead atoms. The molecule has 1 aromatic heterocycles. The molecule has 9 nitrogen and oxygen atoms in total. The number of hydrogen-bond donors (Lipinski definition) is 0. The minimum atomic E-state index is -4.39. The van der Waals surface area contributed by atoms with Crippen LogP contribution in [0.2, 0.25) is 0 Å². The second kappa shape index (κ2) is 17.0. The van der Waals surface area contributed by atoms with Crippen molar-refractivity contribution in [2.75, 3.05) is 14.2 Å². The first kappa shape index (κ1) is 36.2. The van der Waals surface area contributed by atoms with Gasteiger partial charge in [-0.1, -0.05) is 136 Å². The molecule has 4 aromatic carbocycles. The Morgan fingerprint density at radius 2 is 1.16 bits per heavy atom. The van der Waals surface area contributed by atoms with Gasteiger partial charge in [0.25, 0.3) is 5.16 Å². The zero-order chi connectivity index (χ0) is 35.5. The van der Waals surface area contributed by atoms with Crippen LogP contribution in [-0.2, 0) is 25.7 Å². The molecule has 5 aromatic rings. The van der Waals surface area contributed by atoms with E-state index in [1.54, 1.807) is 71.4 Å². The molecule has 0 saturated heterocycles. The van der Waals surface area contributed by atoms with E-state index in [0.717, 1.165) is 44.1 Å². The molecule has 10 heteroatoms. The summed E-state index contributed by atoms with van der Waals surface area (Å²) in [5, 5.41) is 3.12. The summed E-state index contributed by atoms with van der Waals surface area (Å²) in [7, 11) is -1.79. The summed E-state index contributed by atoms with van der Waals surface area (Å²) in [6, 6.07) is 31.2. The molecule has 0 aliphatic heterocycles. The lowest BCUT2D eigenvalue weighted by Gasteiger charge is -2.22. The maximum absolute atomic E-state index is 15.0. The van der Waals surface area contributed by atoms with Gasteiger partial charge in [0.1, 0.15) is 17.1 Å². The Balaban J connectivity index is 1.72. The number of nitrogens with zero attached hydrogens (tertiary/aromatic N) is 3. The highest BCUT2D eigenvalue weighted by Gasteiger charge is 2.38. The number of hydrogen-bond acceptors (Lipinski definition) is 8. The Labute approximate surface area is 294 Å². The molecule has 2 atom stereocenters. The second-order valence-corrected chi connectivity index (χ2v) is 14.0. The Hall–Kier alpha value is -5.09. The van der Waals surface area contributed by atoms with Gasteiger partial charge in [0.15, 0.2) is 0 Å². The molecular weight excluding hydrogens is 651 g/mol. The van der Waals surface area contributed by atoms with E-state index in [9.17, 15) is 18.0 Å². The molecule has 0 aliphatic rings. The number of aryl methyl sites for hydroxylation is 1. The number of esters is 2. The fraction of sp³-hybridized carbons (Fsp3) is 0.300. The first-order valence-electron chi connectivity index (χ1n) is 17.0. The van der Waals surface area contributed by atoms with Crippen molar-refractivity contribution in [2.45, 2.75) is 68.3 Å². The number of carbonyl (C=O) groups excluding carboxylic acids is 2. The van der Waals surface area contributed by atoms with Gasteiger partial charge in [0.2, 0.25) is 9.84 Å². The van der Waals surface area contributed by atoms with Crippen molar-refractivity contribution in [3.63, 3.8) is 0 Å². The molecule has 50 heavy (non-hydrogen) atoms. The van der Waals surface area contributed by atoms with E-state index < -0.39 is 33.1 Å². The summed E-state index contributed by atoms with van der Waals surface area (Å²) in [6.45, 7) is 2.17. The van der Waals surface area contributed by atoms with Crippen LogP contribution in [0.25, 0.3) is 0 Å². The summed E-state index contributed by atoms with van der Waals surface area (Å²) in [6.07, 6.45) is 6.66. The van der Waals surface area contributed by atoms with E-state index in [-0.39, 0.29) is 16.3 Å². The topological polar surface area (TPSA) is 117 Å². The van der Waals surface area contributed by atoms with Crippen LogP contribution in [0.1, 0.15) is 106 Å². The van der Waals surface area contributed by atoms with Crippen molar-refractivity contribution >= 4 is 21.8 Å². The highest BCUT2D eigenvalue weighted by molar-refractivity contribution is 7.91. The number of carbonyl (C=O) groups is 2. The Kier molecular flexibility index (Phi) is 12.3. The zero-order valence-corrected chi connectivity index (χ0v) is 29.5. The number of benzene rings is 4. The van der Waals surface area contributed by atoms with Gasteiger partial charge in [-0.25, -0.2) is 27.7 Å². The van der Waals surface area contributed by atoms with Crippen LogP contribution in [0.15, 0.2) is 114 Å².